The summed E-state index contributed by atoms with van der Waals surface area (Å²) in [6, 6.07) is 19.7. The Morgan fingerprint density at radius 1 is 0.625 bits per heavy atom. The molecule has 0 atom stereocenters. The van der Waals surface area contributed by atoms with Crippen molar-refractivity contribution in [1.82, 2.24) is 0 Å². The molecule has 0 N–H and O–H groups in total. The summed E-state index contributed by atoms with van der Waals surface area (Å²) in [6.07, 6.45) is 0. The summed E-state index contributed by atoms with van der Waals surface area (Å²) in [7, 11) is 0. The van der Waals surface area contributed by atoms with E-state index in [-0.39, 0.29) is 11.8 Å². The highest BCUT2D eigenvalue weighted by atomic mass is 32.1. The van der Waals surface area contributed by atoms with Crippen LogP contribution in [0.1, 0.15) is 20.0 Å². The largest absolute Gasteiger partial charge is 0.276 e. The third kappa shape index (κ3) is 2.68. The van der Waals surface area contributed by atoms with Gasteiger partial charge in [0.1, 0.15) is 4.88 Å². The third-order valence-electron chi connectivity index (χ3n) is 5.42. The molecule has 1 aliphatic rings. The van der Waals surface area contributed by atoms with E-state index >= 15 is 0 Å². The van der Waals surface area contributed by atoms with Crippen LogP contribution in [0, 0.1) is 0 Å². The van der Waals surface area contributed by atoms with Crippen LogP contribution >= 0.6 is 56.7 Å². The maximum absolute atomic E-state index is 13.0. The van der Waals surface area contributed by atoms with Crippen molar-refractivity contribution in [3.8, 4) is 19.5 Å². The van der Waals surface area contributed by atoms with Crippen molar-refractivity contribution in [3.05, 3.63) is 76.5 Å². The van der Waals surface area contributed by atoms with E-state index in [1.807, 2.05) is 46.9 Å². The Bertz CT molecular complexity index is 1640. The van der Waals surface area contributed by atoms with Gasteiger partial charge in [-0.15, -0.1) is 56.7 Å². The number of carbonyl (C=O) groups is 2. The fourth-order valence-corrected chi connectivity index (χ4v) is 9.97. The highest BCUT2D eigenvalue weighted by Gasteiger charge is 2.39. The minimum absolute atomic E-state index is 0.234. The standard InChI is InChI=1S/C24H11NO2S5/c26-23-13-10-17(31-20(13)24(27)25(23)12-4-2-1-3-5-12)14-6-7-15(29-14)18-11-19-22(32-18)21-16(30-19)8-9-28-21/h1-11H. The van der Waals surface area contributed by atoms with Crippen molar-refractivity contribution in [1.29, 1.82) is 0 Å². The second-order valence-corrected chi connectivity index (χ2v) is 12.5. The zero-order valence-electron chi connectivity index (χ0n) is 16.2. The van der Waals surface area contributed by atoms with E-state index in [4.69, 9.17) is 0 Å². The minimum atomic E-state index is -0.242. The molecule has 0 fully saturated rings. The first-order valence-electron chi connectivity index (χ1n) is 9.75. The molecule has 3 nitrogen and oxygen atoms in total. The lowest BCUT2D eigenvalue weighted by atomic mass is 10.2. The monoisotopic (exact) mass is 505 g/mol. The van der Waals surface area contributed by atoms with Crippen molar-refractivity contribution in [2.45, 2.75) is 0 Å². The van der Waals surface area contributed by atoms with Gasteiger partial charge in [-0.05, 0) is 47.8 Å². The van der Waals surface area contributed by atoms with E-state index in [0.717, 1.165) is 9.75 Å². The molecule has 0 aliphatic carbocycles. The number of carbonyl (C=O) groups excluding carboxylic acids is 2. The van der Waals surface area contributed by atoms with Crippen LogP contribution in [-0.4, -0.2) is 11.8 Å². The van der Waals surface area contributed by atoms with Gasteiger partial charge in [-0.2, -0.15) is 0 Å². The van der Waals surface area contributed by atoms with Crippen LogP contribution in [0.3, 0.4) is 0 Å². The average molecular weight is 506 g/mol. The molecule has 6 aromatic rings. The molecular weight excluding hydrogens is 495 g/mol. The lowest BCUT2D eigenvalue weighted by Gasteiger charge is -2.13. The van der Waals surface area contributed by atoms with Crippen molar-refractivity contribution < 1.29 is 9.59 Å². The second-order valence-electron chi connectivity index (χ2n) is 7.32. The summed E-state index contributed by atoms with van der Waals surface area (Å²) in [5.74, 6) is -0.475. The van der Waals surface area contributed by atoms with Crippen LogP contribution in [0.25, 0.3) is 38.3 Å². The first-order chi connectivity index (χ1) is 15.7. The molecule has 0 bridgehead atoms. The maximum atomic E-state index is 13.0. The fourth-order valence-electron chi connectivity index (χ4n) is 3.95. The molecule has 154 valence electrons. The van der Waals surface area contributed by atoms with Crippen LogP contribution in [0.4, 0.5) is 5.69 Å². The van der Waals surface area contributed by atoms with Crippen molar-refractivity contribution in [3.63, 3.8) is 0 Å². The Morgan fingerprint density at radius 2 is 1.41 bits per heavy atom. The molecule has 0 saturated heterocycles. The maximum Gasteiger partial charge on any atom is 0.276 e. The van der Waals surface area contributed by atoms with Gasteiger partial charge in [0.25, 0.3) is 11.8 Å². The SMILES string of the molecule is O=C1c2cc(-c3ccc(-c4cc5sc6ccsc6c5s4)s3)sc2C(=O)N1c1ccccc1. The van der Waals surface area contributed by atoms with Crippen LogP contribution in [-0.2, 0) is 0 Å². The van der Waals surface area contributed by atoms with Crippen LogP contribution in [0.15, 0.2) is 66.0 Å². The van der Waals surface area contributed by atoms with Crippen LogP contribution in [0.2, 0.25) is 0 Å². The number of rotatable bonds is 3. The predicted octanol–water partition coefficient (Wildman–Crippen LogP) is 8.44. The zero-order chi connectivity index (χ0) is 21.4. The molecule has 1 aromatic carbocycles. The zero-order valence-corrected chi connectivity index (χ0v) is 20.2. The minimum Gasteiger partial charge on any atom is -0.268 e. The Morgan fingerprint density at radius 3 is 2.19 bits per heavy atom. The second kappa shape index (κ2) is 6.94. The number of amides is 2. The van der Waals surface area contributed by atoms with Gasteiger partial charge in [0.2, 0.25) is 0 Å². The summed E-state index contributed by atoms with van der Waals surface area (Å²) in [5, 5.41) is 2.15. The van der Waals surface area contributed by atoms with Crippen molar-refractivity contribution >= 4 is 93.0 Å². The number of imide groups is 1. The average Bonchev–Trinajstić information content (AvgIpc) is 3.60. The number of hydrogen-bond acceptors (Lipinski definition) is 7. The summed E-state index contributed by atoms with van der Waals surface area (Å²) in [5.41, 5.74) is 1.12. The lowest BCUT2D eigenvalue weighted by molar-refractivity contribution is 0.0927. The van der Waals surface area contributed by atoms with E-state index in [9.17, 15) is 9.59 Å². The predicted molar refractivity (Wildman–Crippen MR) is 139 cm³/mol. The van der Waals surface area contributed by atoms with Gasteiger partial charge in [0, 0.05) is 28.9 Å². The Kier molecular flexibility index (Phi) is 4.10. The number of nitrogens with zero attached hydrogens (tertiary/aromatic N) is 1. The van der Waals surface area contributed by atoms with Gasteiger partial charge in [0.05, 0.1) is 20.7 Å². The Hall–Kier alpha value is -2.62. The number of para-hydroxylation sites is 1. The molecule has 2 amide bonds. The first-order valence-corrected chi connectivity index (χ1v) is 13.9. The molecule has 0 saturated carbocycles. The Balaban J connectivity index is 1.23. The highest BCUT2D eigenvalue weighted by molar-refractivity contribution is 7.39. The summed E-state index contributed by atoms with van der Waals surface area (Å²) >= 11 is 8.62. The molecule has 0 unspecified atom stereocenters. The molecule has 1 aliphatic heterocycles. The van der Waals surface area contributed by atoms with E-state index in [1.54, 1.807) is 34.8 Å². The van der Waals surface area contributed by atoms with Gasteiger partial charge in [-0.25, -0.2) is 4.90 Å². The Labute approximate surface area is 202 Å². The number of fused-ring (bicyclic) bond motifs is 4. The van der Waals surface area contributed by atoms with Crippen molar-refractivity contribution in [2.75, 3.05) is 4.90 Å². The molecule has 6 heterocycles. The molecule has 5 aromatic heterocycles. The number of anilines is 1. The van der Waals surface area contributed by atoms with E-state index in [0.29, 0.717) is 16.1 Å². The third-order valence-corrected chi connectivity index (χ3v) is 11.6. The molecule has 7 rings (SSSR count). The summed E-state index contributed by atoms with van der Waals surface area (Å²) in [6.45, 7) is 0. The summed E-state index contributed by atoms with van der Waals surface area (Å²) in [4.78, 5) is 32.3. The van der Waals surface area contributed by atoms with Gasteiger partial charge in [0.15, 0.2) is 0 Å². The molecule has 32 heavy (non-hydrogen) atoms. The van der Waals surface area contributed by atoms with Gasteiger partial charge in [-0.1, -0.05) is 18.2 Å². The van der Waals surface area contributed by atoms with Gasteiger partial charge in [-0.3, -0.25) is 9.59 Å². The van der Waals surface area contributed by atoms with Crippen LogP contribution < -0.4 is 4.90 Å². The lowest BCUT2D eigenvalue weighted by Crippen LogP contribution is -2.29. The van der Waals surface area contributed by atoms with E-state index < -0.39 is 0 Å². The smallest absolute Gasteiger partial charge is 0.268 e. The van der Waals surface area contributed by atoms with Gasteiger partial charge < -0.3 is 0 Å². The topological polar surface area (TPSA) is 37.4 Å². The van der Waals surface area contributed by atoms with E-state index in [2.05, 4.69) is 29.6 Å². The highest BCUT2D eigenvalue weighted by Crippen LogP contribution is 2.48. The molecule has 0 spiro atoms. The van der Waals surface area contributed by atoms with Crippen molar-refractivity contribution in [2.24, 2.45) is 0 Å². The normalized spacial score (nSPS) is 13.7. The quantitative estimate of drug-likeness (QED) is 0.226. The molecular formula is C24H11NO2S5. The molecule has 8 heteroatoms. The first kappa shape index (κ1) is 18.9. The van der Waals surface area contributed by atoms with E-state index in [1.165, 1.54) is 44.8 Å². The van der Waals surface area contributed by atoms with Gasteiger partial charge >= 0.3 is 0 Å². The number of benzene rings is 1. The number of hydrogen-bond donors (Lipinski definition) is 0. The fraction of sp³-hybridized carbons (Fsp3) is 0. The molecule has 0 radical (unpaired) electrons. The number of thiophene rings is 5. The summed E-state index contributed by atoms with van der Waals surface area (Å²) < 4.78 is 5.46. The van der Waals surface area contributed by atoms with Crippen LogP contribution in [0.5, 0.6) is 0 Å².